The molecule has 1 aromatic rings. The van der Waals surface area contributed by atoms with E-state index < -0.39 is 9.84 Å². The maximum absolute atomic E-state index is 10.9. The Labute approximate surface area is 104 Å². The van der Waals surface area contributed by atoms with Gasteiger partial charge in [-0.1, -0.05) is 11.6 Å². The summed E-state index contributed by atoms with van der Waals surface area (Å²) < 4.78 is 21.8. The number of aromatic nitrogens is 1. The van der Waals surface area contributed by atoms with Gasteiger partial charge in [-0.25, -0.2) is 13.4 Å². The lowest BCUT2D eigenvalue weighted by Gasteiger charge is -2.03. The summed E-state index contributed by atoms with van der Waals surface area (Å²) in [4.78, 5) is 3.99. The largest absolute Gasteiger partial charge is 0.248 e. The average molecular weight is 277 g/mol. The normalized spacial score (nSPS) is 11.1. The van der Waals surface area contributed by atoms with Gasteiger partial charge in [-0.15, -0.1) is 11.8 Å². The van der Waals surface area contributed by atoms with Crippen LogP contribution in [0.25, 0.3) is 0 Å². The van der Waals surface area contributed by atoms with Crippen LogP contribution in [0.2, 0.25) is 5.02 Å². The molecule has 1 rings (SSSR count). The number of rotatable bonds is 4. The number of hydrogen-bond acceptors (Lipinski definition) is 5. The Bertz CT molecular complexity index is 523. The van der Waals surface area contributed by atoms with Crippen LogP contribution in [0.3, 0.4) is 0 Å². The van der Waals surface area contributed by atoms with Crippen molar-refractivity contribution in [3.05, 3.63) is 22.8 Å². The highest BCUT2D eigenvalue weighted by Gasteiger charge is 2.09. The predicted molar refractivity (Wildman–Crippen MR) is 64.4 cm³/mol. The van der Waals surface area contributed by atoms with E-state index in [0.717, 1.165) is 0 Å². The lowest BCUT2D eigenvalue weighted by atomic mass is 10.3. The van der Waals surface area contributed by atoms with Gasteiger partial charge >= 0.3 is 0 Å². The van der Waals surface area contributed by atoms with Crippen molar-refractivity contribution in [3.63, 3.8) is 0 Å². The molecule has 86 valence electrons. The van der Waals surface area contributed by atoms with Gasteiger partial charge in [0.1, 0.15) is 20.9 Å². The van der Waals surface area contributed by atoms with Crippen molar-refractivity contribution in [2.75, 3.05) is 17.8 Å². The van der Waals surface area contributed by atoms with Gasteiger partial charge in [0.15, 0.2) is 0 Å². The molecule has 0 aliphatic heterocycles. The Morgan fingerprint density at radius 3 is 2.88 bits per heavy atom. The summed E-state index contributed by atoms with van der Waals surface area (Å²) in [6.07, 6.45) is 2.65. The Kier molecular flexibility index (Phi) is 4.59. The summed E-state index contributed by atoms with van der Waals surface area (Å²) in [6, 6.07) is 3.46. The molecular weight excluding hydrogens is 268 g/mol. The summed E-state index contributed by atoms with van der Waals surface area (Å²) in [5, 5.41) is 9.50. The van der Waals surface area contributed by atoms with Crippen molar-refractivity contribution in [1.29, 1.82) is 5.26 Å². The highest BCUT2D eigenvalue weighted by molar-refractivity contribution is 8.00. The van der Waals surface area contributed by atoms with E-state index >= 15 is 0 Å². The minimum absolute atomic E-state index is 0.0620. The van der Waals surface area contributed by atoms with Crippen LogP contribution < -0.4 is 0 Å². The fraction of sp³-hybridized carbons (Fsp3) is 0.333. The zero-order valence-corrected chi connectivity index (χ0v) is 10.9. The third-order valence-corrected chi connectivity index (χ3v) is 4.36. The van der Waals surface area contributed by atoms with Crippen molar-refractivity contribution < 1.29 is 8.42 Å². The molecule has 0 N–H and O–H groups in total. The van der Waals surface area contributed by atoms with Crippen LogP contribution in [0.4, 0.5) is 0 Å². The molecule has 0 atom stereocenters. The Balaban J connectivity index is 2.73. The predicted octanol–water partition coefficient (Wildman–Crippen LogP) is 1.74. The van der Waals surface area contributed by atoms with E-state index in [1.54, 1.807) is 0 Å². The van der Waals surface area contributed by atoms with Crippen molar-refractivity contribution in [2.24, 2.45) is 0 Å². The second-order valence-corrected chi connectivity index (χ2v) is 6.79. The summed E-state index contributed by atoms with van der Waals surface area (Å²) >= 11 is 7.13. The third kappa shape index (κ3) is 4.00. The lowest BCUT2D eigenvalue weighted by Crippen LogP contribution is -2.05. The fourth-order valence-electron chi connectivity index (χ4n) is 0.901. The van der Waals surface area contributed by atoms with Gasteiger partial charge in [-0.05, 0) is 6.07 Å². The molecule has 0 aliphatic rings. The van der Waals surface area contributed by atoms with Gasteiger partial charge in [0, 0.05) is 18.2 Å². The molecule has 0 aromatic carbocycles. The van der Waals surface area contributed by atoms with Gasteiger partial charge in [0.25, 0.3) is 0 Å². The highest BCUT2D eigenvalue weighted by Crippen LogP contribution is 2.27. The maximum Gasteiger partial charge on any atom is 0.148 e. The minimum atomic E-state index is -2.98. The van der Waals surface area contributed by atoms with Crippen molar-refractivity contribution in [1.82, 2.24) is 4.98 Å². The van der Waals surface area contributed by atoms with Crippen LogP contribution in [0, 0.1) is 11.3 Å². The first-order valence-electron chi connectivity index (χ1n) is 4.29. The number of nitriles is 1. The SMILES string of the molecule is CS(=O)(=O)CCSc1nccc(C#N)c1Cl. The molecule has 0 radical (unpaired) electrons. The van der Waals surface area contributed by atoms with Crippen LogP contribution >= 0.6 is 23.4 Å². The summed E-state index contributed by atoms with van der Waals surface area (Å²) in [7, 11) is -2.98. The molecule has 1 heterocycles. The zero-order valence-electron chi connectivity index (χ0n) is 8.47. The van der Waals surface area contributed by atoms with E-state index in [1.807, 2.05) is 6.07 Å². The smallest absolute Gasteiger partial charge is 0.148 e. The maximum atomic E-state index is 10.9. The molecule has 16 heavy (non-hydrogen) atoms. The molecule has 0 spiro atoms. The zero-order chi connectivity index (χ0) is 12.2. The topological polar surface area (TPSA) is 70.8 Å². The standard InChI is InChI=1S/C9H9ClN2O2S2/c1-16(13,14)5-4-15-9-8(10)7(6-11)2-3-12-9/h2-3H,4-5H2,1H3. The molecule has 7 heteroatoms. The first-order valence-corrected chi connectivity index (χ1v) is 7.71. The number of thioether (sulfide) groups is 1. The van der Waals surface area contributed by atoms with Crippen LogP contribution in [0.1, 0.15) is 5.56 Å². The fourth-order valence-corrected chi connectivity index (χ4v) is 3.33. The van der Waals surface area contributed by atoms with Crippen molar-refractivity contribution in [3.8, 4) is 6.07 Å². The number of hydrogen-bond donors (Lipinski definition) is 0. The third-order valence-electron chi connectivity index (χ3n) is 1.67. The molecule has 4 nitrogen and oxygen atoms in total. The summed E-state index contributed by atoms with van der Waals surface area (Å²) in [5.74, 6) is 0.437. The average Bonchev–Trinajstić information content (AvgIpc) is 2.19. The second-order valence-electron chi connectivity index (χ2n) is 3.07. The molecule has 0 fully saturated rings. The number of sulfone groups is 1. The molecule has 0 unspecified atom stereocenters. The Morgan fingerprint density at radius 1 is 1.62 bits per heavy atom. The van der Waals surface area contributed by atoms with Gasteiger partial charge in [-0.2, -0.15) is 5.26 Å². The van der Waals surface area contributed by atoms with E-state index in [2.05, 4.69) is 4.98 Å². The van der Waals surface area contributed by atoms with Crippen molar-refractivity contribution in [2.45, 2.75) is 5.03 Å². The summed E-state index contributed by atoms with van der Waals surface area (Å²) in [5.41, 5.74) is 0.346. The van der Waals surface area contributed by atoms with Crippen LogP contribution in [0.15, 0.2) is 17.3 Å². The summed E-state index contributed by atoms with van der Waals surface area (Å²) in [6.45, 7) is 0. The Hall–Kier alpha value is -0.770. The van der Waals surface area contributed by atoms with Gasteiger partial charge in [0.05, 0.1) is 16.3 Å². The highest BCUT2D eigenvalue weighted by atomic mass is 35.5. The van der Waals surface area contributed by atoms with Crippen LogP contribution in [-0.2, 0) is 9.84 Å². The minimum Gasteiger partial charge on any atom is -0.248 e. The van der Waals surface area contributed by atoms with Crippen LogP contribution in [0.5, 0.6) is 0 Å². The first kappa shape index (κ1) is 13.3. The molecular formula is C9H9ClN2O2S2. The molecule has 0 saturated carbocycles. The molecule has 0 aliphatic carbocycles. The van der Waals surface area contributed by atoms with Gasteiger partial charge in [-0.3, -0.25) is 0 Å². The Morgan fingerprint density at radius 2 is 2.31 bits per heavy atom. The molecule has 0 amide bonds. The monoisotopic (exact) mass is 276 g/mol. The van der Waals surface area contributed by atoms with Crippen molar-refractivity contribution >= 4 is 33.2 Å². The second kappa shape index (κ2) is 5.53. The van der Waals surface area contributed by atoms with E-state index in [1.165, 1.54) is 30.3 Å². The van der Waals surface area contributed by atoms with Gasteiger partial charge < -0.3 is 0 Å². The van der Waals surface area contributed by atoms with E-state index in [4.69, 9.17) is 16.9 Å². The van der Waals surface area contributed by atoms with E-state index in [0.29, 0.717) is 16.3 Å². The molecule has 1 aromatic heterocycles. The number of nitrogens with zero attached hydrogens (tertiary/aromatic N) is 2. The molecule has 0 bridgehead atoms. The van der Waals surface area contributed by atoms with E-state index in [-0.39, 0.29) is 10.8 Å². The number of pyridine rings is 1. The molecule has 0 saturated heterocycles. The number of halogens is 1. The van der Waals surface area contributed by atoms with E-state index in [9.17, 15) is 8.42 Å². The van der Waals surface area contributed by atoms with Gasteiger partial charge in [0.2, 0.25) is 0 Å². The lowest BCUT2D eigenvalue weighted by molar-refractivity contribution is 0.603. The first-order chi connectivity index (χ1) is 7.44. The quantitative estimate of drug-likeness (QED) is 0.784. The van der Waals surface area contributed by atoms with Crippen LogP contribution in [-0.4, -0.2) is 31.2 Å².